The molecule has 2 heterocycles. The van der Waals surface area contributed by atoms with Crippen LogP contribution >= 0.6 is 0 Å². The number of carbonyl (C=O) groups excluding carboxylic acids is 1. The maximum atomic E-state index is 13.7. The molecule has 0 radical (unpaired) electrons. The second-order valence-electron chi connectivity index (χ2n) is 8.33. The fourth-order valence-electron chi connectivity index (χ4n) is 4.39. The van der Waals surface area contributed by atoms with E-state index in [0.29, 0.717) is 36.6 Å². The van der Waals surface area contributed by atoms with E-state index in [1.54, 1.807) is 18.3 Å². The van der Waals surface area contributed by atoms with Crippen LogP contribution in [0.3, 0.4) is 0 Å². The molecule has 1 saturated heterocycles. The van der Waals surface area contributed by atoms with Gasteiger partial charge in [0.2, 0.25) is 5.91 Å². The third kappa shape index (κ3) is 4.36. The normalized spacial score (nSPS) is 18.3. The first-order chi connectivity index (χ1) is 15.0. The summed E-state index contributed by atoms with van der Waals surface area (Å²) in [6, 6.07) is 14.0. The maximum Gasteiger partial charge on any atom is 0.249 e. The number of halogens is 1. The second kappa shape index (κ2) is 8.73. The number of aryl methyl sites for hydroxylation is 1. The smallest absolute Gasteiger partial charge is 0.249 e. The summed E-state index contributed by atoms with van der Waals surface area (Å²) in [5, 5.41) is 14.4. The quantitative estimate of drug-likeness (QED) is 0.532. The number of carbonyl (C=O) groups is 1. The van der Waals surface area contributed by atoms with Gasteiger partial charge in [-0.05, 0) is 61.1 Å². The molecular formula is C25H25FN4O. The first-order valence-electron chi connectivity index (χ1n) is 10.6. The molecule has 31 heavy (non-hydrogen) atoms. The Morgan fingerprint density at radius 1 is 1.32 bits per heavy atom. The molecule has 1 aromatic heterocycles. The van der Waals surface area contributed by atoms with Crippen LogP contribution in [0.5, 0.6) is 0 Å². The molecule has 2 unspecified atom stereocenters. The lowest BCUT2D eigenvalue weighted by Gasteiger charge is -2.26. The van der Waals surface area contributed by atoms with E-state index in [0.717, 1.165) is 29.3 Å². The van der Waals surface area contributed by atoms with Gasteiger partial charge in [0, 0.05) is 24.0 Å². The molecule has 158 valence electrons. The number of likely N-dealkylation sites (tertiary alicyclic amines) is 1. The van der Waals surface area contributed by atoms with Crippen LogP contribution in [0.15, 0.2) is 60.8 Å². The van der Waals surface area contributed by atoms with Gasteiger partial charge in [0.1, 0.15) is 5.82 Å². The highest BCUT2D eigenvalue weighted by molar-refractivity contribution is 5.93. The van der Waals surface area contributed by atoms with Crippen molar-refractivity contribution in [3.63, 3.8) is 0 Å². The van der Waals surface area contributed by atoms with Crippen LogP contribution in [0.2, 0.25) is 0 Å². The number of hydrogen-bond acceptors (Lipinski definition) is 3. The van der Waals surface area contributed by atoms with Crippen LogP contribution in [-0.4, -0.2) is 27.1 Å². The monoisotopic (exact) mass is 416 g/mol. The van der Waals surface area contributed by atoms with Crippen LogP contribution in [0.1, 0.15) is 43.4 Å². The molecule has 1 aliphatic heterocycles. The van der Waals surface area contributed by atoms with E-state index in [-0.39, 0.29) is 17.8 Å². The standard InChI is InChI=1S/C25H25FN4O/c1-17-11-24(20-6-3-7-22(26)13-20)29(16-17)25(31)18(2)5-4-10-30-23-9-8-19(14-27)12-21(23)15-28-30/h3,6-9,12-13,15,17,24H,2,4-5,10-11,16H2,1H3. The van der Waals surface area contributed by atoms with Crippen molar-refractivity contribution in [3.05, 3.63) is 77.8 Å². The average molecular weight is 417 g/mol. The maximum absolute atomic E-state index is 13.7. The van der Waals surface area contributed by atoms with Gasteiger partial charge < -0.3 is 4.90 Å². The predicted octanol–water partition coefficient (Wildman–Crippen LogP) is 4.99. The number of fused-ring (bicyclic) bond motifs is 1. The van der Waals surface area contributed by atoms with Crippen LogP contribution in [0, 0.1) is 23.1 Å². The Balaban J connectivity index is 1.39. The topological polar surface area (TPSA) is 61.9 Å². The van der Waals surface area contributed by atoms with E-state index < -0.39 is 0 Å². The van der Waals surface area contributed by atoms with E-state index in [1.807, 2.05) is 27.8 Å². The SMILES string of the molecule is C=C(CCCn1ncc2cc(C#N)ccc21)C(=O)N1CC(C)CC1c1cccc(F)c1. The van der Waals surface area contributed by atoms with Crippen LogP contribution in [0.4, 0.5) is 4.39 Å². The van der Waals surface area contributed by atoms with Crippen LogP contribution < -0.4 is 0 Å². The molecule has 0 aliphatic carbocycles. The van der Waals surface area contributed by atoms with Gasteiger partial charge in [-0.3, -0.25) is 9.48 Å². The van der Waals surface area contributed by atoms with Gasteiger partial charge >= 0.3 is 0 Å². The fraction of sp³-hybridized carbons (Fsp3) is 0.320. The van der Waals surface area contributed by atoms with Crippen molar-refractivity contribution in [1.82, 2.24) is 14.7 Å². The summed E-state index contributed by atoms with van der Waals surface area (Å²) in [6.07, 6.45) is 3.88. The highest BCUT2D eigenvalue weighted by Crippen LogP contribution is 2.36. The van der Waals surface area contributed by atoms with E-state index in [9.17, 15) is 9.18 Å². The number of nitrogens with zero attached hydrogens (tertiary/aromatic N) is 4. The lowest BCUT2D eigenvalue weighted by Crippen LogP contribution is -2.32. The Bertz CT molecular complexity index is 1180. The highest BCUT2D eigenvalue weighted by Gasteiger charge is 2.34. The fourth-order valence-corrected chi connectivity index (χ4v) is 4.39. The summed E-state index contributed by atoms with van der Waals surface area (Å²) >= 11 is 0. The molecule has 3 aromatic rings. The van der Waals surface area contributed by atoms with E-state index in [2.05, 4.69) is 24.7 Å². The van der Waals surface area contributed by atoms with Gasteiger partial charge in [-0.15, -0.1) is 0 Å². The molecule has 5 nitrogen and oxygen atoms in total. The summed E-state index contributed by atoms with van der Waals surface area (Å²) in [5.74, 6) is 0.0259. The summed E-state index contributed by atoms with van der Waals surface area (Å²) in [4.78, 5) is 15.0. The molecule has 6 heteroatoms. The number of aromatic nitrogens is 2. The zero-order valence-electron chi connectivity index (χ0n) is 17.6. The first-order valence-corrected chi connectivity index (χ1v) is 10.6. The van der Waals surface area contributed by atoms with E-state index >= 15 is 0 Å². The van der Waals surface area contributed by atoms with Crippen molar-refractivity contribution in [2.24, 2.45) is 5.92 Å². The Hall–Kier alpha value is -3.46. The molecule has 0 spiro atoms. The molecular weight excluding hydrogens is 391 g/mol. The summed E-state index contributed by atoms with van der Waals surface area (Å²) in [6.45, 7) is 7.47. The second-order valence-corrected chi connectivity index (χ2v) is 8.33. The van der Waals surface area contributed by atoms with Crippen molar-refractivity contribution >= 4 is 16.8 Å². The Kier molecular flexibility index (Phi) is 5.85. The number of hydrogen-bond donors (Lipinski definition) is 0. The Morgan fingerprint density at radius 3 is 2.94 bits per heavy atom. The minimum Gasteiger partial charge on any atom is -0.332 e. The van der Waals surface area contributed by atoms with Crippen molar-refractivity contribution in [1.29, 1.82) is 5.26 Å². The molecule has 1 aliphatic rings. The van der Waals surface area contributed by atoms with Gasteiger partial charge in [0.05, 0.1) is 29.4 Å². The van der Waals surface area contributed by atoms with Gasteiger partial charge in [-0.25, -0.2) is 4.39 Å². The summed E-state index contributed by atoms with van der Waals surface area (Å²) < 4.78 is 15.6. The third-order valence-corrected chi connectivity index (χ3v) is 5.93. The largest absolute Gasteiger partial charge is 0.332 e. The van der Waals surface area contributed by atoms with Crippen molar-refractivity contribution in [2.75, 3.05) is 6.54 Å². The molecule has 0 N–H and O–H groups in total. The van der Waals surface area contributed by atoms with Crippen molar-refractivity contribution in [3.8, 4) is 6.07 Å². The third-order valence-electron chi connectivity index (χ3n) is 5.93. The molecule has 4 rings (SSSR count). The van der Waals surface area contributed by atoms with Crippen molar-refractivity contribution < 1.29 is 9.18 Å². The minimum atomic E-state index is -0.281. The number of rotatable bonds is 6. The molecule has 0 saturated carbocycles. The van der Waals surface area contributed by atoms with Gasteiger partial charge in [-0.1, -0.05) is 25.6 Å². The average Bonchev–Trinajstić information content (AvgIpc) is 3.36. The van der Waals surface area contributed by atoms with Gasteiger partial charge in [0.15, 0.2) is 0 Å². The predicted molar refractivity (Wildman–Crippen MR) is 117 cm³/mol. The number of benzene rings is 2. The van der Waals surface area contributed by atoms with Crippen LogP contribution in [-0.2, 0) is 11.3 Å². The minimum absolute atomic E-state index is 0.0532. The Labute approximate surface area is 181 Å². The molecule has 1 fully saturated rings. The lowest BCUT2D eigenvalue weighted by molar-refractivity contribution is -0.128. The Morgan fingerprint density at radius 2 is 2.16 bits per heavy atom. The number of amides is 1. The van der Waals surface area contributed by atoms with Crippen LogP contribution in [0.25, 0.3) is 10.9 Å². The molecule has 2 aromatic carbocycles. The zero-order chi connectivity index (χ0) is 22.0. The van der Waals surface area contributed by atoms with Gasteiger partial charge in [0.25, 0.3) is 0 Å². The molecule has 1 amide bonds. The lowest BCUT2D eigenvalue weighted by atomic mass is 10.0. The highest BCUT2D eigenvalue weighted by atomic mass is 19.1. The summed E-state index contributed by atoms with van der Waals surface area (Å²) in [7, 11) is 0. The zero-order valence-corrected chi connectivity index (χ0v) is 17.6. The first kappa shape index (κ1) is 20.8. The summed E-state index contributed by atoms with van der Waals surface area (Å²) in [5.41, 5.74) is 2.98. The molecule has 0 bridgehead atoms. The van der Waals surface area contributed by atoms with E-state index in [1.165, 1.54) is 12.1 Å². The molecule has 2 atom stereocenters. The van der Waals surface area contributed by atoms with E-state index in [4.69, 9.17) is 5.26 Å². The number of nitriles is 1. The van der Waals surface area contributed by atoms with Crippen molar-refractivity contribution in [2.45, 2.75) is 38.8 Å². The van der Waals surface area contributed by atoms with Gasteiger partial charge in [-0.2, -0.15) is 10.4 Å².